The zero-order chi connectivity index (χ0) is 45.1. The lowest BCUT2D eigenvalue weighted by Gasteiger charge is -2.42. The highest BCUT2D eigenvalue weighted by molar-refractivity contribution is 6.99. The first kappa shape index (κ1) is 62.8. The summed E-state index contributed by atoms with van der Waals surface area (Å²) in [7, 11) is -14.4. The van der Waals surface area contributed by atoms with E-state index in [1.54, 1.807) is 7.11 Å². The molecule has 0 amide bonds. The minimum atomic E-state index is -2.20. The van der Waals surface area contributed by atoms with Crippen molar-refractivity contribution in [1.29, 1.82) is 0 Å². The summed E-state index contributed by atoms with van der Waals surface area (Å²) in [6.45, 7) is 67.8. The van der Waals surface area contributed by atoms with Gasteiger partial charge in [0.05, 0.1) is 0 Å². The van der Waals surface area contributed by atoms with Crippen LogP contribution in [-0.2, 0) is 20.9 Å². The molecule has 0 aromatic carbocycles. The predicted octanol–water partition coefficient (Wildman–Crippen LogP) is 10.5. The van der Waals surface area contributed by atoms with E-state index in [9.17, 15) is 0 Å². The Bertz CT molecular complexity index is 940. The van der Waals surface area contributed by atoms with E-state index in [1.165, 1.54) is 0 Å². The Balaban J connectivity index is -0.000000325. The molecule has 0 heterocycles. The molecule has 0 bridgehead atoms. The Morgan fingerprint density at radius 2 is 0.537 bits per heavy atom. The lowest BCUT2D eigenvalue weighted by atomic mass is 11.6. The summed E-state index contributed by atoms with van der Waals surface area (Å²) in [5.74, 6) is 0. The molecular formula is C32H101N5O5Si12. The Morgan fingerprint density at radius 3 is 0.759 bits per heavy atom. The quantitative estimate of drug-likeness (QED) is 0.0853. The maximum absolute atomic E-state index is 6.26. The number of rotatable bonds is 18. The summed E-state index contributed by atoms with van der Waals surface area (Å²) in [5.41, 5.74) is 0. The van der Waals surface area contributed by atoms with Gasteiger partial charge in [0.2, 0.25) is 0 Å². The third-order valence-electron chi connectivity index (χ3n) is 5.95. The fourth-order valence-corrected chi connectivity index (χ4v) is 61.9. The molecule has 0 aromatic heterocycles. The van der Waals surface area contributed by atoms with Crippen molar-refractivity contribution in [3.05, 3.63) is 0 Å². The van der Waals surface area contributed by atoms with Crippen molar-refractivity contribution in [2.45, 2.75) is 196 Å². The van der Waals surface area contributed by atoms with Gasteiger partial charge < -0.3 is 44.5 Å². The Morgan fingerprint density at radius 1 is 0.278 bits per heavy atom. The summed E-state index contributed by atoms with van der Waals surface area (Å²) >= 11 is 0. The Hall–Kier alpha value is 2.20. The summed E-state index contributed by atoms with van der Waals surface area (Å²) < 4.78 is 45.4. The van der Waals surface area contributed by atoms with Crippen molar-refractivity contribution in [2.24, 2.45) is 0 Å². The van der Waals surface area contributed by atoms with E-state index in [4.69, 9.17) is 20.9 Å². The molecule has 0 fully saturated rings. The summed E-state index contributed by atoms with van der Waals surface area (Å²) in [4.78, 5) is 3.46. The minimum absolute atomic E-state index is 0.981. The van der Waals surface area contributed by atoms with Crippen LogP contribution in [0, 0.1) is 0 Å². The van der Waals surface area contributed by atoms with Crippen LogP contribution >= 0.6 is 0 Å². The molecule has 0 saturated carbocycles. The average molecular weight is 973 g/mol. The topological polar surface area (TPSA) is 106 Å². The zero-order valence-electron chi connectivity index (χ0n) is 42.5. The van der Waals surface area contributed by atoms with Crippen LogP contribution in [0.15, 0.2) is 0 Å². The molecule has 0 unspecified atom stereocenters. The van der Waals surface area contributed by atoms with Gasteiger partial charge in [-0.05, 0) is 145 Å². The number of hydrogen-bond donors (Lipinski definition) is 5. The van der Waals surface area contributed by atoms with E-state index in [-0.39, 0.29) is 0 Å². The molecule has 10 nitrogen and oxygen atoms in total. The molecule has 0 aromatic rings. The van der Waals surface area contributed by atoms with Crippen LogP contribution in [0.4, 0.5) is 0 Å². The van der Waals surface area contributed by atoms with Crippen LogP contribution < -0.4 is 23.6 Å². The first-order chi connectivity index (χ1) is 22.8. The summed E-state index contributed by atoms with van der Waals surface area (Å²) in [6, 6.07) is 0. The highest BCUT2D eigenvalue weighted by Gasteiger charge is 2.43. The normalized spacial score (nSPS) is 14.7. The Kier molecular flexibility index (Phi) is 26.6. The molecule has 0 radical (unpaired) electrons. The second-order valence-electron chi connectivity index (χ2n) is 23.5. The van der Waals surface area contributed by atoms with E-state index >= 15 is 0 Å². The van der Waals surface area contributed by atoms with E-state index in [2.05, 4.69) is 214 Å². The number of nitrogens with one attached hydrogen (secondary N) is 5. The van der Waals surface area contributed by atoms with Crippen LogP contribution in [0.2, 0.25) is 196 Å². The van der Waals surface area contributed by atoms with Crippen molar-refractivity contribution in [3.8, 4) is 0 Å². The molecule has 0 aliphatic heterocycles. The predicted molar refractivity (Wildman–Crippen MR) is 278 cm³/mol. The van der Waals surface area contributed by atoms with Crippen LogP contribution in [0.25, 0.3) is 0 Å². The summed E-state index contributed by atoms with van der Waals surface area (Å²) in [6.07, 6.45) is 0. The molecule has 0 aliphatic carbocycles. The lowest BCUT2D eigenvalue weighted by Crippen LogP contribution is -2.79. The van der Waals surface area contributed by atoms with Crippen LogP contribution in [-0.4, -0.2) is 115 Å². The van der Waals surface area contributed by atoms with Gasteiger partial charge in [0, 0.05) is 7.11 Å². The molecule has 0 atom stereocenters. The molecule has 0 spiro atoms. The van der Waals surface area contributed by atoms with Crippen molar-refractivity contribution < 1.29 is 20.9 Å². The monoisotopic (exact) mass is 972 g/mol. The minimum Gasteiger partial charge on any atom is -0.456 e. The van der Waals surface area contributed by atoms with Gasteiger partial charge in [0.15, 0.2) is 50.1 Å². The van der Waals surface area contributed by atoms with E-state index in [0.29, 0.717) is 0 Å². The van der Waals surface area contributed by atoms with Gasteiger partial charge in [-0.25, -0.2) is 0 Å². The number of hydrogen-bond acceptors (Lipinski definition) is 10. The average Bonchev–Trinajstić information content (AvgIpc) is 2.68. The van der Waals surface area contributed by atoms with Crippen LogP contribution in [0.5, 0.6) is 0 Å². The summed E-state index contributed by atoms with van der Waals surface area (Å²) in [5, 5.41) is 0. The zero-order valence-corrected chi connectivity index (χ0v) is 54.5. The molecule has 22 heteroatoms. The highest BCUT2D eigenvalue weighted by atomic mass is 28.5. The first-order valence-corrected chi connectivity index (χ1v) is 58.2. The van der Waals surface area contributed by atoms with Crippen LogP contribution in [0.3, 0.4) is 0 Å². The molecule has 0 saturated heterocycles. The van der Waals surface area contributed by atoms with Gasteiger partial charge >= 0.3 is 25.7 Å². The van der Waals surface area contributed by atoms with Gasteiger partial charge in [-0.1, -0.05) is 58.9 Å². The van der Waals surface area contributed by atoms with Gasteiger partial charge in [0.25, 0.3) is 0 Å². The van der Waals surface area contributed by atoms with Gasteiger partial charge in [0.1, 0.15) is 24.7 Å². The maximum atomic E-state index is 6.26. The molecule has 54 heavy (non-hydrogen) atoms. The highest BCUT2D eigenvalue weighted by Crippen LogP contribution is 2.24. The van der Waals surface area contributed by atoms with Gasteiger partial charge in [-0.15, -0.1) is 0 Å². The maximum Gasteiger partial charge on any atom is 0.322 e. The molecular weight excluding hydrogens is 871 g/mol. The lowest BCUT2D eigenvalue weighted by molar-refractivity contribution is 0.266. The van der Waals surface area contributed by atoms with Crippen molar-refractivity contribution >= 4 is 101 Å². The van der Waals surface area contributed by atoms with Gasteiger partial charge in [-0.3, -0.25) is 0 Å². The SMILES string of the molecule is CN[Si](C)(C)N[Si](C)(C)N[Si](C)(C)N[Si](C)(C)C.CO[Si](C)(C)O[Si](C)(C)O[Si](C)(C)O[Si](C)(C)C.C[Si](C)(C)N[Si](C)(C)C.C[Si](C)(C)O[Si](C)(C)C. The smallest absolute Gasteiger partial charge is 0.322 e. The van der Waals surface area contributed by atoms with Crippen molar-refractivity contribution in [3.63, 3.8) is 0 Å². The van der Waals surface area contributed by atoms with E-state index in [0.717, 1.165) is 0 Å². The Labute approximate surface area is 353 Å². The fourth-order valence-electron chi connectivity index (χ4n) is 6.67. The van der Waals surface area contributed by atoms with Crippen molar-refractivity contribution in [1.82, 2.24) is 23.6 Å². The fraction of sp³-hybridized carbons (Fsp3) is 1.00. The van der Waals surface area contributed by atoms with Gasteiger partial charge in [-0.2, -0.15) is 0 Å². The molecule has 0 rings (SSSR count). The van der Waals surface area contributed by atoms with Crippen molar-refractivity contribution in [2.75, 3.05) is 14.2 Å². The van der Waals surface area contributed by atoms with E-state index < -0.39 is 101 Å². The van der Waals surface area contributed by atoms with Crippen LogP contribution in [0.1, 0.15) is 0 Å². The molecule has 0 aliphatic rings. The standard InChI is InChI=1S/C10H34N4Si4.C10H30O4Si4.C6H19NSi2.C6H18OSi2/c2*1-11-16(5,6)13-18(9,10)14-17(7,8)12-15(2,3)4;2*1-8(2,3)7-9(4,5)6/h11-14H,1-10H3;1-10H3;7H,1-6H3;1-6H3. The second-order valence-corrected chi connectivity index (χ2v) is 76.0. The molecule has 5 N–H and O–H groups in total. The first-order valence-electron chi connectivity index (χ1n) is 20.0. The largest absolute Gasteiger partial charge is 0.456 e. The molecule has 332 valence electrons. The third-order valence-corrected chi connectivity index (χ3v) is 46.9. The third kappa shape index (κ3) is 48.6. The second kappa shape index (κ2) is 22.9. The van der Waals surface area contributed by atoms with E-state index in [1.807, 2.05) is 13.1 Å².